The first-order valence-corrected chi connectivity index (χ1v) is 10.3. The summed E-state index contributed by atoms with van der Waals surface area (Å²) < 4.78 is 40.2. The fraction of sp³-hybridized carbons (Fsp3) is 0.150. The number of hydrogen-bond acceptors (Lipinski definition) is 7. The number of amides is 1. The molecule has 1 aliphatic heterocycles. The monoisotopic (exact) mass is 444 g/mol. The SMILES string of the molecule is CN1C(=O)C(c2c(F)cccc2F)N(C)c2nc(Nc3ccc([S+](N)[O-])cc3)ncc21. The Balaban J connectivity index is 1.70. The summed E-state index contributed by atoms with van der Waals surface area (Å²) in [5.74, 6) is -1.60. The second kappa shape index (κ2) is 8.10. The average molecular weight is 444 g/mol. The van der Waals surface area contributed by atoms with Gasteiger partial charge in [0, 0.05) is 19.8 Å². The molecule has 4 rings (SSSR count). The molecule has 1 aliphatic rings. The van der Waals surface area contributed by atoms with Gasteiger partial charge < -0.3 is 19.7 Å². The van der Waals surface area contributed by atoms with Crippen LogP contribution < -0.4 is 20.3 Å². The van der Waals surface area contributed by atoms with Gasteiger partial charge >= 0.3 is 0 Å². The van der Waals surface area contributed by atoms with Crippen molar-refractivity contribution >= 4 is 40.4 Å². The van der Waals surface area contributed by atoms with Crippen molar-refractivity contribution in [1.82, 2.24) is 9.97 Å². The summed E-state index contributed by atoms with van der Waals surface area (Å²) in [5, 5.41) is 8.35. The van der Waals surface area contributed by atoms with Crippen molar-refractivity contribution in [3.05, 3.63) is 65.9 Å². The molecule has 3 N–H and O–H groups in total. The van der Waals surface area contributed by atoms with Crippen LogP contribution in [0.3, 0.4) is 0 Å². The van der Waals surface area contributed by atoms with E-state index < -0.39 is 34.9 Å². The van der Waals surface area contributed by atoms with Crippen molar-refractivity contribution in [3.8, 4) is 0 Å². The minimum absolute atomic E-state index is 0.211. The van der Waals surface area contributed by atoms with E-state index in [4.69, 9.17) is 5.14 Å². The predicted octanol–water partition coefficient (Wildman–Crippen LogP) is 2.63. The summed E-state index contributed by atoms with van der Waals surface area (Å²) in [6, 6.07) is 8.79. The van der Waals surface area contributed by atoms with E-state index in [9.17, 15) is 18.1 Å². The normalized spacial score (nSPS) is 16.8. The van der Waals surface area contributed by atoms with Gasteiger partial charge in [-0.15, -0.1) is 5.14 Å². The summed E-state index contributed by atoms with van der Waals surface area (Å²) in [4.78, 5) is 24.7. The number of rotatable bonds is 4. The van der Waals surface area contributed by atoms with Gasteiger partial charge in [0.25, 0.3) is 5.91 Å². The highest BCUT2D eigenvalue weighted by molar-refractivity contribution is 7.89. The Kier molecular flexibility index (Phi) is 5.48. The second-order valence-corrected chi connectivity index (χ2v) is 7.96. The van der Waals surface area contributed by atoms with E-state index >= 15 is 0 Å². The van der Waals surface area contributed by atoms with Gasteiger partial charge in [0.05, 0.1) is 23.1 Å². The van der Waals surface area contributed by atoms with E-state index in [1.54, 1.807) is 31.3 Å². The number of anilines is 4. The average Bonchev–Trinajstić information content (AvgIpc) is 2.74. The molecule has 1 amide bonds. The van der Waals surface area contributed by atoms with Crippen molar-refractivity contribution in [1.29, 1.82) is 0 Å². The van der Waals surface area contributed by atoms with E-state index in [0.29, 0.717) is 22.1 Å². The lowest BCUT2D eigenvalue weighted by atomic mass is 10.0. The predicted molar refractivity (Wildman–Crippen MR) is 113 cm³/mol. The molecule has 2 atom stereocenters. The van der Waals surface area contributed by atoms with Crippen LogP contribution >= 0.6 is 0 Å². The van der Waals surface area contributed by atoms with Gasteiger partial charge in [-0.05, 0) is 36.4 Å². The molecule has 31 heavy (non-hydrogen) atoms. The second-order valence-electron chi connectivity index (χ2n) is 6.90. The van der Waals surface area contributed by atoms with Crippen molar-refractivity contribution in [2.24, 2.45) is 5.14 Å². The molecule has 0 radical (unpaired) electrons. The number of nitrogens with zero attached hydrogens (tertiary/aromatic N) is 4. The number of fused-ring (bicyclic) bond motifs is 1. The zero-order valence-corrected chi connectivity index (χ0v) is 17.4. The van der Waals surface area contributed by atoms with Crippen molar-refractivity contribution in [2.75, 3.05) is 29.2 Å². The van der Waals surface area contributed by atoms with Gasteiger partial charge in [0.2, 0.25) is 5.95 Å². The third-order valence-electron chi connectivity index (χ3n) is 5.01. The quantitative estimate of drug-likeness (QED) is 0.595. The Morgan fingerprint density at radius 2 is 1.77 bits per heavy atom. The molecule has 0 aliphatic carbocycles. The summed E-state index contributed by atoms with van der Waals surface area (Å²) in [7, 11) is 3.05. The highest BCUT2D eigenvalue weighted by Gasteiger charge is 2.40. The highest BCUT2D eigenvalue weighted by Crippen LogP contribution is 2.40. The summed E-state index contributed by atoms with van der Waals surface area (Å²) in [6.07, 6.45) is 1.45. The molecule has 0 saturated heterocycles. The largest absolute Gasteiger partial charge is 0.593 e. The van der Waals surface area contributed by atoms with Gasteiger partial charge in [-0.1, -0.05) is 6.07 Å². The van der Waals surface area contributed by atoms with Gasteiger partial charge in [-0.3, -0.25) is 4.79 Å². The van der Waals surface area contributed by atoms with Crippen molar-refractivity contribution in [2.45, 2.75) is 10.9 Å². The number of carbonyl (C=O) groups excluding carboxylic acids is 1. The lowest BCUT2D eigenvalue weighted by Gasteiger charge is -2.38. The zero-order valence-electron chi connectivity index (χ0n) is 16.5. The molecule has 0 spiro atoms. The topological polar surface area (TPSA) is 110 Å². The number of carbonyl (C=O) groups is 1. The molecule has 8 nitrogen and oxygen atoms in total. The third kappa shape index (κ3) is 3.78. The van der Waals surface area contributed by atoms with Crippen LogP contribution in [0.4, 0.5) is 31.9 Å². The van der Waals surface area contributed by atoms with Crippen molar-refractivity contribution in [3.63, 3.8) is 0 Å². The first-order chi connectivity index (χ1) is 14.8. The lowest BCUT2D eigenvalue weighted by Crippen LogP contribution is -2.46. The van der Waals surface area contributed by atoms with E-state index in [1.165, 1.54) is 29.1 Å². The number of aromatic nitrogens is 2. The maximum absolute atomic E-state index is 14.4. The van der Waals surface area contributed by atoms with Gasteiger partial charge in [0.15, 0.2) is 10.7 Å². The Morgan fingerprint density at radius 3 is 2.39 bits per heavy atom. The van der Waals surface area contributed by atoms with E-state index in [0.717, 1.165) is 12.1 Å². The Bertz CT molecular complexity index is 1120. The minimum Gasteiger partial charge on any atom is -0.593 e. The van der Waals surface area contributed by atoms with Crippen LogP contribution in [0, 0.1) is 11.6 Å². The van der Waals surface area contributed by atoms with Gasteiger partial charge in [-0.25, -0.2) is 13.8 Å². The van der Waals surface area contributed by atoms with Crippen LogP contribution in [0.5, 0.6) is 0 Å². The van der Waals surface area contributed by atoms with E-state index in [2.05, 4.69) is 15.3 Å². The van der Waals surface area contributed by atoms with Crippen molar-refractivity contribution < 1.29 is 18.1 Å². The first-order valence-electron chi connectivity index (χ1n) is 9.12. The summed E-state index contributed by atoms with van der Waals surface area (Å²) >= 11 is -1.59. The minimum atomic E-state index is -1.59. The molecule has 1 aromatic heterocycles. The molecule has 0 fully saturated rings. The number of halogens is 2. The Hall–Kier alpha value is -3.28. The summed E-state index contributed by atoms with van der Waals surface area (Å²) in [5.41, 5.74) is 0.680. The Labute approximate surface area is 180 Å². The number of nitrogens with two attached hydrogens (primary N) is 1. The van der Waals surface area contributed by atoms with Gasteiger partial charge in [0.1, 0.15) is 23.4 Å². The molecule has 160 valence electrons. The maximum atomic E-state index is 14.4. The fourth-order valence-corrected chi connectivity index (χ4v) is 3.81. The smallest absolute Gasteiger partial charge is 0.254 e. The highest BCUT2D eigenvalue weighted by atomic mass is 32.2. The molecule has 0 bridgehead atoms. The number of likely N-dealkylation sites (N-methyl/N-ethyl adjacent to an activating group) is 2. The first kappa shape index (κ1) is 21.0. The lowest BCUT2D eigenvalue weighted by molar-refractivity contribution is -0.120. The van der Waals surface area contributed by atoms with Crippen LogP contribution in [0.2, 0.25) is 0 Å². The molecular formula is C20H18F2N6O2S. The molecule has 2 heterocycles. The molecule has 3 aromatic rings. The third-order valence-corrected chi connectivity index (χ3v) is 5.75. The van der Waals surface area contributed by atoms with Crippen LogP contribution in [0.15, 0.2) is 53.6 Å². The van der Waals surface area contributed by atoms with Crippen LogP contribution in [-0.2, 0) is 16.2 Å². The fourth-order valence-electron chi connectivity index (χ4n) is 3.40. The standard InChI is InChI=1S/C20H18F2N6O2S/c1-27-15-10-24-20(25-11-6-8-12(9-7-11)31(23)30)26-18(15)28(2)17(19(27)29)16-13(21)4-3-5-14(16)22/h3-10,17H,23H2,1-2H3,(H,24,25,26). The number of hydrogen-bond donors (Lipinski definition) is 2. The molecular weight excluding hydrogens is 426 g/mol. The molecule has 11 heteroatoms. The van der Waals surface area contributed by atoms with Gasteiger partial charge in [-0.2, -0.15) is 4.98 Å². The molecule has 0 saturated carbocycles. The maximum Gasteiger partial charge on any atom is 0.254 e. The Morgan fingerprint density at radius 1 is 1.13 bits per heavy atom. The summed E-state index contributed by atoms with van der Waals surface area (Å²) in [6.45, 7) is 0. The number of benzene rings is 2. The zero-order chi connectivity index (χ0) is 22.3. The molecule has 2 aromatic carbocycles. The van der Waals surface area contributed by atoms with Crippen LogP contribution in [0.25, 0.3) is 0 Å². The van der Waals surface area contributed by atoms with Crippen LogP contribution in [-0.4, -0.2) is 34.5 Å². The van der Waals surface area contributed by atoms with E-state index in [1.807, 2.05) is 0 Å². The number of nitrogens with one attached hydrogen (secondary N) is 1. The van der Waals surface area contributed by atoms with Crippen LogP contribution in [0.1, 0.15) is 11.6 Å². The van der Waals surface area contributed by atoms with E-state index in [-0.39, 0.29) is 11.5 Å². The molecule has 2 unspecified atom stereocenters.